The Morgan fingerprint density at radius 1 is 1.05 bits per heavy atom. The largest absolute Gasteiger partial charge is 0.503 e. The Kier molecular flexibility index (Phi) is 3.16. The minimum absolute atomic E-state index is 0.264. The molecular formula is C15H9Cl2NO2. The highest BCUT2D eigenvalue weighted by Gasteiger charge is 2.14. The molecule has 3 nitrogen and oxygen atoms in total. The maximum Gasteiger partial charge on any atom is 0.231 e. The molecule has 0 saturated carbocycles. The number of hydrogen-bond acceptors (Lipinski definition) is 2. The average molecular weight is 306 g/mol. The molecule has 3 rings (SSSR count). The van der Waals surface area contributed by atoms with Gasteiger partial charge in [0.05, 0.1) is 21.6 Å². The van der Waals surface area contributed by atoms with Gasteiger partial charge in [-0.25, -0.2) is 0 Å². The van der Waals surface area contributed by atoms with Crippen LogP contribution in [0.3, 0.4) is 0 Å². The van der Waals surface area contributed by atoms with Gasteiger partial charge in [-0.2, -0.15) is 0 Å². The van der Waals surface area contributed by atoms with Crippen molar-refractivity contribution in [3.05, 3.63) is 62.7 Å². The van der Waals surface area contributed by atoms with Crippen LogP contribution in [-0.2, 0) is 0 Å². The summed E-state index contributed by atoms with van der Waals surface area (Å²) in [6, 6.07) is 12.1. The lowest BCUT2D eigenvalue weighted by Crippen LogP contribution is -2.05. The Morgan fingerprint density at radius 2 is 1.75 bits per heavy atom. The van der Waals surface area contributed by atoms with Gasteiger partial charge < -0.3 is 10.1 Å². The van der Waals surface area contributed by atoms with E-state index in [2.05, 4.69) is 4.98 Å². The predicted molar refractivity (Wildman–Crippen MR) is 81.7 cm³/mol. The second-order valence-electron chi connectivity index (χ2n) is 4.35. The van der Waals surface area contributed by atoms with Gasteiger partial charge in [0.25, 0.3) is 0 Å². The summed E-state index contributed by atoms with van der Waals surface area (Å²) in [5.41, 5.74) is 1.00. The van der Waals surface area contributed by atoms with E-state index in [1.54, 1.807) is 18.2 Å². The van der Waals surface area contributed by atoms with Crippen molar-refractivity contribution in [2.24, 2.45) is 0 Å². The summed E-state index contributed by atoms with van der Waals surface area (Å²) in [7, 11) is 0. The zero-order valence-electron chi connectivity index (χ0n) is 10.2. The van der Waals surface area contributed by atoms with E-state index in [0.717, 1.165) is 0 Å². The summed E-state index contributed by atoms with van der Waals surface area (Å²) in [6.07, 6.45) is 0. The summed E-state index contributed by atoms with van der Waals surface area (Å²) in [4.78, 5) is 15.2. The summed E-state index contributed by atoms with van der Waals surface area (Å²) in [5.74, 6) is -0.345. The van der Waals surface area contributed by atoms with Crippen molar-refractivity contribution >= 4 is 34.1 Å². The second-order valence-corrected chi connectivity index (χ2v) is 5.20. The Labute approximate surface area is 124 Å². The SMILES string of the molecule is O=c1c(O)c(-c2ccccc2)[nH]c2c(Cl)cc(Cl)cc12. The summed E-state index contributed by atoms with van der Waals surface area (Å²) >= 11 is 12.0. The zero-order valence-corrected chi connectivity index (χ0v) is 11.7. The van der Waals surface area contributed by atoms with Crippen molar-refractivity contribution < 1.29 is 5.11 Å². The first kappa shape index (κ1) is 13.0. The first-order valence-corrected chi connectivity index (χ1v) is 6.63. The van der Waals surface area contributed by atoms with Gasteiger partial charge in [-0.15, -0.1) is 0 Å². The average Bonchev–Trinajstić information content (AvgIpc) is 2.44. The van der Waals surface area contributed by atoms with E-state index in [-0.39, 0.29) is 11.1 Å². The Balaban J connectivity index is 2.42. The van der Waals surface area contributed by atoms with E-state index in [0.29, 0.717) is 26.8 Å². The molecule has 0 saturated heterocycles. The number of hydrogen-bond donors (Lipinski definition) is 2. The van der Waals surface area contributed by atoms with Crippen LogP contribution >= 0.6 is 23.2 Å². The maximum atomic E-state index is 12.2. The molecule has 2 aromatic carbocycles. The van der Waals surface area contributed by atoms with Crippen LogP contribution in [0.4, 0.5) is 0 Å². The fourth-order valence-corrected chi connectivity index (χ4v) is 2.66. The smallest absolute Gasteiger partial charge is 0.231 e. The predicted octanol–water partition coefficient (Wildman–Crippen LogP) is 4.21. The van der Waals surface area contributed by atoms with E-state index in [4.69, 9.17) is 23.2 Å². The van der Waals surface area contributed by atoms with Gasteiger partial charge in [0.2, 0.25) is 5.43 Å². The Hall–Kier alpha value is -1.97. The number of aromatic nitrogens is 1. The van der Waals surface area contributed by atoms with Gasteiger partial charge in [0.1, 0.15) is 0 Å². The minimum Gasteiger partial charge on any atom is -0.503 e. The molecule has 2 N–H and O–H groups in total. The Morgan fingerprint density at radius 3 is 2.45 bits per heavy atom. The van der Waals surface area contributed by atoms with Crippen molar-refractivity contribution in [1.29, 1.82) is 0 Å². The molecule has 1 heterocycles. The topological polar surface area (TPSA) is 53.1 Å². The van der Waals surface area contributed by atoms with Crippen molar-refractivity contribution in [2.45, 2.75) is 0 Å². The molecular weight excluding hydrogens is 297 g/mol. The molecule has 0 aliphatic heterocycles. The fraction of sp³-hybridized carbons (Fsp3) is 0. The van der Waals surface area contributed by atoms with Crippen LogP contribution in [-0.4, -0.2) is 10.1 Å². The van der Waals surface area contributed by atoms with Crippen LogP contribution in [0.1, 0.15) is 0 Å². The molecule has 0 spiro atoms. The van der Waals surface area contributed by atoms with Gasteiger partial charge in [-0.3, -0.25) is 4.79 Å². The van der Waals surface area contributed by atoms with E-state index in [1.165, 1.54) is 6.07 Å². The number of fused-ring (bicyclic) bond motifs is 1. The number of benzene rings is 2. The monoisotopic (exact) mass is 305 g/mol. The third kappa shape index (κ3) is 2.05. The van der Waals surface area contributed by atoms with Crippen LogP contribution < -0.4 is 5.43 Å². The number of aromatic hydroxyl groups is 1. The van der Waals surface area contributed by atoms with Gasteiger partial charge in [-0.1, -0.05) is 53.5 Å². The molecule has 0 aliphatic carbocycles. The number of pyridine rings is 1. The van der Waals surface area contributed by atoms with E-state index in [9.17, 15) is 9.90 Å². The highest BCUT2D eigenvalue weighted by molar-refractivity contribution is 6.38. The quantitative estimate of drug-likeness (QED) is 0.707. The standard InChI is InChI=1S/C15H9Cl2NO2/c16-9-6-10-13(11(17)7-9)18-12(15(20)14(10)19)8-4-2-1-3-5-8/h1-7,20H,(H,18,19). The van der Waals surface area contributed by atoms with Crippen LogP contribution in [0, 0.1) is 0 Å². The third-order valence-corrected chi connectivity index (χ3v) is 3.58. The molecule has 0 radical (unpaired) electrons. The molecule has 0 atom stereocenters. The minimum atomic E-state index is -0.498. The van der Waals surface area contributed by atoms with Gasteiger partial charge in [0, 0.05) is 10.6 Å². The first-order valence-electron chi connectivity index (χ1n) is 5.87. The van der Waals surface area contributed by atoms with Crippen molar-refractivity contribution in [3.63, 3.8) is 0 Å². The number of rotatable bonds is 1. The number of halogens is 2. The molecule has 3 aromatic rings. The molecule has 0 amide bonds. The van der Waals surface area contributed by atoms with Gasteiger partial charge in [0.15, 0.2) is 5.75 Å². The number of nitrogens with one attached hydrogen (secondary N) is 1. The number of aromatic amines is 1. The normalized spacial score (nSPS) is 10.9. The lowest BCUT2D eigenvalue weighted by Gasteiger charge is -2.09. The molecule has 0 unspecified atom stereocenters. The van der Waals surface area contributed by atoms with Gasteiger partial charge >= 0.3 is 0 Å². The second kappa shape index (κ2) is 4.85. The number of H-pyrrole nitrogens is 1. The fourth-order valence-electron chi connectivity index (χ4n) is 2.12. The Bertz CT molecular complexity index is 857. The van der Waals surface area contributed by atoms with E-state index >= 15 is 0 Å². The van der Waals surface area contributed by atoms with Crippen LogP contribution in [0.2, 0.25) is 10.0 Å². The van der Waals surface area contributed by atoms with Crippen LogP contribution in [0.5, 0.6) is 5.75 Å². The summed E-state index contributed by atoms with van der Waals surface area (Å²) in [6.45, 7) is 0. The van der Waals surface area contributed by atoms with Crippen molar-refractivity contribution in [1.82, 2.24) is 4.98 Å². The highest BCUT2D eigenvalue weighted by atomic mass is 35.5. The van der Waals surface area contributed by atoms with Crippen molar-refractivity contribution in [2.75, 3.05) is 0 Å². The van der Waals surface area contributed by atoms with E-state index < -0.39 is 5.43 Å². The molecule has 20 heavy (non-hydrogen) atoms. The zero-order chi connectivity index (χ0) is 14.3. The molecule has 1 aromatic heterocycles. The molecule has 5 heteroatoms. The highest BCUT2D eigenvalue weighted by Crippen LogP contribution is 2.31. The molecule has 0 fully saturated rings. The summed E-state index contributed by atoms with van der Waals surface area (Å²) in [5, 5.41) is 11.0. The molecule has 100 valence electrons. The van der Waals surface area contributed by atoms with Gasteiger partial charge in [-0.05, 0) is 12.1 Å². The van der Waals surface area contributed by atoms with Crippen molar-refractivity contribution in [3.8, 4) is 17.0 Å². The third-order valence-electron chi connectivity index (χ3n) is 3.06. The lowest BCUT2D eigenvalue weighted by atomic mass is 10.1. The van der Waals surface area contributed by atoms with Crippen LogP contribution in [0.25, 0.3) is 22.2 Å². The van der Waals surface area contributed by atoms with E-state index in [1.807, 2.05) is 18.2 Å². The van der Waals surface area contributed by atoms with Crippen LogP contribution in [0.15, 0.2) is 47.3 Å². The first-order chi connectivity index (χ1) is 9.58. The molecule has 0 bridgehead atoms. The lowest BCUT2D eigenvalue weighted by molar-refractivity contribution is 0.471. The maximum absolute atomic E-state index is 12.2. The molecule has 0 aliphatic rings. The summed E-state index contributed by atoms with van der Waals surface area (Å²) < 4.78 is 0.